The number of likely N-dealkylation sites (tertiary alicyclic amines) is 1. The van der Waals surface area contributed by atoms with Gasteiger partial charge in [-0.1, -0.05) is 6.07 Å². The summed E-state index contributed by atoms with van der Waals surface area (Å²) in [4.78, 5) is 14.3. The standard InChI is InChI=1S/C20H24N4/c1-3-17(11-21-8-1)13-24-15-20(19-18(24)4-2-9-22-19)7-10-23(14-20)12-16-5-6-16/h1-4,8-9,11,16H,5-7,10,12-15H2. The molecule has 1 spiro atoms. The van der Waals surface area contributed by atoms with Gasteiger partial charge in [0.15, 0.2) is 0 Å². The molecule has 0 amide bonds. The predicted octanol–water partition coefficient (Wildman–Crippen LogP) is 2.85. The van der Waals surface area contributed by atoms with Gasteiger partial charge in [0.25, 0.3) is 0 Å². The van der Waals surface area contributed by atoms with E-state index < -0.39 is 0 Å². The molecule has 4 nitrogen and oxygen atoms in total. The number of hydrogen-bond acceptors (Lipinski definition) is 4. The first kappa shape index (κ1) is 14.4. The lowest BCUT2D eigenvalue weighted by molar-refractivity contribution is 0.300. The van der Waals surface area contributed by atoms with Crippen molar-refractivity contribution in [3.05, 3.63) is 54.1 Å². The summed E-state index contributed by atoms with van der Waals surface area (Å²) in [6.45, 7) is 5.73. The highest BCUT2D eigenvalue weighted by Gasteiger charge is 2.48. The summed E-state index contributed by atoms with van der Waals surface area (Å²) in [5.74, 6) is 0.969. The van der Waals surface area contributed by atoms with Gasteiger partial charge in [0.05, 0.1) is 11.4 Å². The summed E-state index contributed by atoms with van der Waals surface area (Å²) in [6.07, 6.45) is 9.91. The van der Waals surface area contributed by atoms with Crippen LogP contribution in [0.1, 0.15) is 30.5 Å². The molecule has 24 heavy (non-hydrogen) atoms. The Balaban J connectivity index is 1.41. The molecular formula is C20H24N4. The summed E-state index contributed by atoms with van der Waals surface area (Å²) in [5.41, 5.74) is 4.16. The van der Waals surface area contributed by atoms with Crippen LogP contribution in [-0.4, -0.2) is 41.0 Å². The Morgan fingerprint density at radius 3 is 2.88 bits per heavy atom. The second-order valence-corrected chi connectivity index (χ2v) is 7.80. The van der Waals surface area contributed by atoms with Gasteiger partial charge in [-0.3, -0.25) is 9.97 Å². The molecule has 4 heterocycles. The van der Waals surface area contributed by atoms with E-state index in [4.69, 9.17) is 4.98 Å². The maximum absolute atomic E-state index is 4.83. The molecule has 0 bridgehead atoms. The number of hydrogen-bond donors (Lipinski definition) is 0. The molecule has 5 rings (SSSR count). The first-order chi connectivity index (χ1) is 11.8. The van der Waals surface area contributed by atoms with Crippen LogP contribution >= 0.6 is 0 Å². The van der Waals surface area contributed by atoms with E-state index in [0.717, 1.165) is 19.0 Å². The van der Waals surface area contributed by atoms with Crippen molar-refractivity contribution in [3.8, 4) is 0 Å². The monoisotopic (exact) mass is 320 g/mol. The molecule has 2 aliphatic heterocycles. The van der Waals surface area contributed by atoms with E-state index in [1.807, 2.05) is 24.7 Å². The third-order valence-corrected chi connectivity index (χ3v) is 5.87. The molecule has 124 valence electrons. The lowest BCUT2D eigenvalue weighted by atomic mass is 9.85. The van der Waals surface area contributed by atoms with Gasteiger partial charge in [0.1, 0.15) is 0 Å². The highest BCUT2D eigenvalue weighted by molar-refractivity contribution is 5.60. The van der Waals surface area contributed by atoms with Gasteiger partial charge in [-0.05, 0) is 55.5 Å². The number of rotatable bonds is 4. The molecule has 1 unspecified atom stereocenters. The highest BCUT2D eigenvalue weighted by atomic mass is 15.2. The average molecular weight is 320 g/mol. The van der Waals surface area contributed by atoms with Gasteiger partial charge in [0.2, 0.25) is 0 Å². The zero-order valence-electron chi connectivity index (χ0n) is 14.1. The van der Waals surface area contributed by atoms with Gasteiger partial charge in [-0.25, -0.2) is 0 Å². The largest absolute Gasteiger partial charge is 0.365 e. The Labute approximate surface area is 143 Å². The maximum atomic E-state index is 4.83. The van der Waals surface area contributed by atoms with Gasteiger partial charge < -0.3 is 9.80 Å². The van der Waals surface area contributed by atoms with Crippen LogP contribution in [0.2, 0.25) is 0 Å². The van der Waals surface area contributed by atoms with Crippen molar-refractivity contribution in [2.45, 2.75) is 31.2 Å². The normalized spacial score (nSPS) is 26.2. The lowest BCUT2D eigenvalue weighted by Crippen LogP contribution is -2.37. The number of pyridine rings is 2. The Hall–Kier alpha value is -1.94. The van der Waals surface area contributed by atoms with Crippen molar-refractivity contribution in [1.82, 2.24) is 14.9 Å². The first-order valence-electron chi connectivity index (χ1n) is 9.14. The van der Waals surface area contributed by atoms with E-state index in [1.165, 1.54) is 55.8 Å². The highest BCUT2D eigenvalue weighted by Crippen LogP contribution is 2.46. The van der Waals surface area contributed by atoms with Crippen LogP contribution in [0, 0.1) is 5.92 Å². The first-order valence-corrected chi connectivity index (χ1v) is 9.14. The van der Waals surface area contributed by atoms with Crippen molar-refractivity contribution in [2.75, 3.05) is 31.1 Å². The van der Waals surface area contributed by atoms with Crippen molar-refractivity contribution in [2.24, 2.45) is 5.92 Å². The van der Waals surface area contributed by atoms with Crippen LogP contribution in [0.15, 0.2) is 42.9 Å². The van der Waals surface area contributed by atoms with Crippen molar-refractivity contribution >= 4 is 5.69 Å². The van der Waals surface area contributed by atoms with Crippen molar-refractivity contribution in [3.63, 3.8) is 0 Å². The molecule has 1 saturated heterocycles. The van der Waals surface area contributed by atoms with Crippen molar-refractivity contribution < 1.29 is 0 Å². The zero-order valence-corrected chi connectivity index (χ0v) is 14.1. The predicted molar refractivity (Wildman–Crippen MR) is 95.0 cm³/mol. The quantitative estimate of drug-likeness (QED) is 0.867. The van der Waals surface area contributed by atoms with Crippen LogP contribution in [0.5, 0.6) is 0 Å². The third kappa shape index (κ3) is 2.49. The van der Waals surface area contributed by atoms with Gasteiger partial charge in [-0.15, -0.1) is 0 Å². The SMILES string of the molecule is c1cncc(CN2CC3(CCN(CC4CC4)C3)c3ncccc32)c1. The number of aromatic nitrogens is 2. The molecule has 0 N–H and O–H groups in total. The molecular weight excluding hydrogens is 296 g/mol. The van der Waals surface area contributed by atoms with Crippen molar-refractivity contribution in [1.29, 1.82) is 0 Å². The molecule has 2 aromatic rings. The molecule has 1 atom stereocenters. The van der Waals surface area contributed by atoms with E-state index in [2.05, 4.69) is 33.0 Å². The molecule has 3 aliphatic rings. The average Bonchev–Trinajstić information content (AvgIpc) is 3.27. The molecule has 1 aliphatic carbocycles. The minimum atomic E-state index is 0.230. The lowest BCUT2D eigenvalue weighted by Gasteiger charge is -2.26. The van der Waals surface area contributed by atoms with E-state index >= 15 is 0 Å². The minimum absolute atomic E-state index is 0.230. The molecule has 2 aromatic heterocycles. The van der Waals surface area contributed by atoms with Gasteiger partial charge >= 0.3 is 0 Å². The Bertz CT molecular complexity index is 727. The van der Waals surface area contributed by atoms with Gasteiger partial charge in [0, 0.05) is 50.2 Å². The molecule has 2 fully saturated rings. The number of nitrogens with zero attached hydrogens (tertiary/aromatic N) is 4. The summed E-state index contributed by atoms with van der Waals surface area (Å²) in [7, 11) is 0. The molecule has 4 heteroatoms. The minimum Gasteiger partial charge on any atom is -0.365 e. The van der Waals surface area contributed by atoms with E-state index in [9.17, 15) is 0 Å². The van der Waals surface area contributed by atoms with Crippen LogP contribution in [0.3, 0.4) is 0 Å². The number of fused-ring (bicyclic) bond motifs is 2. The van der Waals surface area contributed by atoms with Crippen LogP contribution in [0.4, 0.5) is 5.69 Å². The molecule has 0 aromatic carbocycles. The second kappa shape index (κ2) is 5.55. The molecule has 1 saturated carbocycles. The third-order valence-electron chi connectivity index (χ3n) is 5.87. The van der Waals surface area contributed by atoms with E-state index in [0.29, 0.717) is 0 Å². The maximum Gasteiger partial charge on any atom is 0.0729 e. The van der Waals surface area contributed by atoms with Crippen LogP contribution in [0.25, 0.3) is 0 Å². The fourth-order valence-electron chi connectivity index (χ4n) is 4.54. The smallest absolute Gasteiger partial charge is 0.0729 e. The summed E-state index contributed by atoms with van der Waals surface area (Å²) in [6, 6.07) is 8.52. The second-order valence-electron chi connectivity index (χ2n) is 7.80. The Kier molecular flexibility index (Phi) is 3.33. The Morgan fingerprint density at radius 2 is 2.04 bits per heavy atom. The van der Waals surface area contributed by atoms with Gasteiger partial charge in [-0.2, -0.15) is 0 Å². The zero-order chi connectivity index (χ0) is 16.0. The topological polar surface area (TPSA) is 32.3 Å². The fourth-order valence-corrected chi connectivity index (χ4v) is 4.54. The summed E-state index contributed by atoms with van der Waals surface area (Å²) in [5, 5.41) is 0. The van der Waals surface area contributed by atoms with E-state index in [1.54, 1.807) is 0 Å². The summed E-state index contributed by atoms with van der Waals surface area (Å²) < 4.78 is 0. The summed E-state index contributed by atoms with van der Waals surface area (Å²) >= 11 is 0. The molecule has 0 radical (unpaired) electrons. The van der Waals surface area contributed by atoms with E-state index in [-0.39, 0.29) is 5.41 Å². The fraction of sp³-hybridized carbons (Fsp3) is 0.500. The number of anilines is 1. The van der Waals surface area contributed by atoms with Crippen LogP contribution < -0.4 is 4.90 Å². The van der Waals surface area contributed by atoms with Crippen LogP contribution in [-0.2, 0) is 12.0 Å². The Morgan fingerprint density at radius 1 is 1.12 bits per heavy atom.